The molecule has 0 aromatic heterocycles. The van der Waals surface area contributed by atoms with Crippen LogP contribution in [0.15, 0.2) is 0 Å². The van der Waals surface area contributed by atoms with Crippen molar-refractivity contribution in [2.75, 3.05) is 45.4 Å². The minimum absolute atomic E-state index is 0.640. The first kappa shape index (κ1) is 13.3. The molecule has 0 saturated carbocycles. The molecule has 0 heterocycles. The summed E-state index contributed by atoms with van der Waals surface area (Å²) in [4.78, 5) is 2.38. The van der Waals surface area contributed by atoms with Gasteiger partial charge in [0.05, 0.1) is 0 Å². The molecule has 2 nitrogen and oxygen atoms in total. The number of ether oxygens (including phenoxy) is 1. The molecule has 3 heteroatoms. The van der Waals surface area contributed by atoms with Crippen LogP contribution in [-0.2, 0) is 4.74 Å². The van der Waals surface area contributed by atoms with Crippen LogP contribution in [0.5, 0.6) is 0 Å². The van der Waals surface area contributed by atoms with Crippen molar-refractivity contribution in [1.82, 2.24) is 4.90 Å². The van der Waals surface area contributed by atoms with E-state index < -0.39 is 0 Å². The Bertz CT molecular complexity index is 111. The van der Waals surface area contributed by atoms with E-state index >= 15 is 0 Å². The standard InChI is InChI=1S/C10H23NOS/c1-5-13-7-6-11(3)8-10(2)9-12-4/h10H,5-9H2,1-4H3/t10-/m1/s1. The summed E-state index contributed by atoms with van der Waals surface area (Å²) in [6, 6.07) is 0. The Hall–Kier alpha value is 0.270. The van der Waals surface area contributed by atoms with Gasteiger partial charge in [0.15, 0.2) is 0 Å². The predicted molar refractivity (Wildman–Crippen MR) is 61.5 cm³/mol. The summed E-state index contributed by atoms with van der Waals surface area (Å²) < 4.78 is 5.10. The van der Waals surface area contributed by atoms with E-state index in [1.807, 2.05) is 11.8 Å². The van der Waals surface area contributed by atoms with Crippen molar-refractivity contribution in [2.24, 2.45) is 5.92 Å². The van der Waals surface area contributed by atoms with Gasteiger partial charge in [0.2, 0.25) is 0 Å². The van der Waals surface area contributed by atoms with Crippen LogP contribution in [0.4, 0.5) is 0 Å². The van der Waals surface area contributed by atoms with E-state index in [9.17, 15) is 0 Å². The highest BCUT2D eigenvalue weighted by Gasteiger charge is 2.05. The molecule has 0 bridgehead atoms. The zero-order valence-corrected chi connectivity index (χ0v) is 10.2. The van der Waals surface area contributed by atoms with Crippen LogP contribution in [-0.4, -0.2) is 50.3 Å². The largest absolute Gasteiger partial charge is 0.384 e. The summed E-state index contributed by atoms with van der Waals surface area (Å²) in [7, 11) is 3.95. The molecule has 0 aromatic rings. The maximum absolute atomic E-state index is 5.10. The third-order valence-corrected chi connectivity index (χ3v) is 2.78. The minimum atomic E-state index is 0.640. The van der Waals surface area contributed by atoms with Gasteiger partial charge in [-0.15, -0.1) is 0 Å². The van der Waals surface area contributed by atoms with Crippen molar-refractivity contribution < 1.29 is 4.74 Å². The molecule has 0 spiro atoms. The average Bonchev–Trinajstić information content (AvgIpc) is 2.05. The fourth-order valence-corrected chi connectivity index (χ4v) is 2.05. The minimum Gasteiger partial charge on any atom is -0.384 e. The summed E-state index contributed by atoms with van der Waals surface area (Å²) in [5.41, 5.74) is 0. The molecule has 0 aliphatic rings. The third-order valence-electron chi connectivity index (χ3n) is 1.90. The van der Waals surface area contributed by atoms with Crippen molar-refractivity contribution in [2.45, 2.75) is 13.8 Å². The quantitative estimate of drug-likeness (QED) is 0.562. The van der Waals surface area contributed by atoms with Gasteiger partial charge in [-0.25, -0.2) is 0 Å². The Kier molecular flexibility index (Phi) is 9.03. The fraction of sp³-hybridized carbons (Fsp3) is 1.00. The van der Waals surface area contributed by atoms with Gasteiger partial charge in [-0.1, -0.05) is 13.8 Å². The number of thioether (sulfide) groups is 1. The summed E-state index contributed by atoms with van der Waals surface area (Å²) in [5.74, 6) is 3.11. The lowest BCUT2D eigenvalue weighted by Gasteiger charge is -2.20. The number of rotatable bonds is 8. The lowest BCUT2D eigenvalue weighted by molar-refractivity contribution is 0.139. The molecular formula is C10H23NOS. The van der Waals surface area contributed by atoms with Crippen molar-refractivity contribution in [3.8, 4) is 0 Å². The molecule has 0 radical (unpaired) electrons. The smallest absolute Gasteiger partial charge is 0.0500 e. The van der Waals surface area contributed by atoms with Gasteiger partial charge < -0.3 is 9.64 Å². The van der Waals surface area contributed by atoms with Crippen LogP contribution < -0.4 is 0 Å². The normalized spacial score (nSPS) is 13.6. The molecule has 0 amide bonds. The van der Waals surface area contributed by atoms with Gasteiger partial charge in [-0.05, 0) is 18.7 Å². The molecule has 0 unspecified atom stereocenters. The van der Waals surface area contributed by atoms with Gasteiger partial charge in [0, 0.05) is 32.6 Å². The Morgan fingerprint density at radius 3 is 2.69 bits per heavy atom. The number of hydrogen-bond donors (Lipinski definition) is 0. The van der Waals surface area contributed by atoms with E-state index in [-0.39, 0.29) is 0 Å². The number of nitrogens with zero attached hydrogens (tertiary/aromatic N) is 1. The monoisotopic (exact) mass is 205 g/mol. The first-order valence-corrected chi connectivity index (χ1v) is 6.11. The van der Waals surface area contributed by atoms with E-state index in [1.54, 1.807) is 7.11 Å². The third kappa shape index (κ3) is 8.60. The van der Waals surface area contributed by atoms with Crippen LogP contribution in [0.3, 0.4) is 0 Å². The zero-order chi connectivity index (χ0) is 10.1. The average molecular weight is 205 g/mol. The molecule has 0 N–H and O–H groups in total. The highest BCUT2D eigenvalue weighted by Crippen LogP contribution is 2.02. The van der Waals surface area contributed by atoms with Crippen LogP contribution in [0, 0.1) is 5.92 Å². The van der Waals surface area contributed by atoms with Crippen LogP contribution in [0.25, 0.3) is 0 Å². The Morgan fingerprint density at radius 2 is 2.15 bits per heavy atom. The van der Waals surface area contributed by atoms with Crippen molar-refractivity contribution in [3.05, 3.63) is 0 Å². The second-order valence-corrected chi connectivity index (χ2v) is 4.91. The molecule has 13 heavy (non-hydrogen) atoms. The maximum Gasteiger partial charge on any atom is 0.0500 e. The Morgan fingerprint density at radius 1 is 1.46 bits per heavy atom. The molecule has 1 atom stereocenters. The molecule has 0 rings (SSSR count). The zero-order valence-electron chi connectivity index (χ0n) is 9.38. The van der Waals surface area contributed by atoms with Crippen LogP contribution in [0.1, 0.15) is 13.8 Å². The highest BCUT2D eigenvalue weighted by molar-refractivity contribution is 7.99. The molecule has 0 saturated heterocycles. The summed E-state index contributed by atoms with van der Waals surface area (Å²) >= 11 is 2.00. The van der Waals surface area contributed by atoms with E-state index in [0.717, 1.165) is 13.2 Å². The fourth-order valence-electron chi connectivity index (χ4n) is 1.33. The predicted octanol–water partition coefficient (Wildman–Crippen LogP) is 1.95. The maximum atomic E-state index is 5.10. The number of hydrogen-bond acceptors (Lipinski definition) is 3. The van der Waals surface area contributed by atoms with E-state index in [0.29, 0.717) is 5.92 Å². The molecule has 0 fully saturated rings. The number of methoxy groups -OCH3 is 1. The first-order chi connectivity index (χ1) is 6.20. The molecule has 0 aliphatic heterocycles. The molecule has 0 aliphatic carbocycles. The van der Waals surface area contributed by atoms with Crippen molar-refractivity contribution >= 4 is 11.8 Å². The summed E-state index contributed by atoms with van der Waals surface area (Å²) in [6.07, 6.45) is 0. The summed E-state index contributed by atoms with van der Waals surface area (Å²) in [5, 5.41) is 0. The van der Waals surface area contributed by atoms with Gasteiger partial charge >= 0.3 is 0 Å². The van der Waals surface area contributed by atoms with E-state index in [2.05, 4.69) is 25.8 Å². The Balaban J connectivity index is 3.32. The van der Waals surface area contributed by atoms with Crippen molar-refractivity contribution in [1.29, 1.82) is 0 Å². The van der Waals surface area contributed by atoms with Crippen LogP contribution >= 0.6 is 11.8 Å². The van der Waals surface area contributed by atoms with Gasteiger partial charge in [-0.3, -0.25) is 0 Å². The van der Waals surface area contributed by atoms with Gasteiger partial charge in [0.1, 0.15) is 0 Å². The SMILES string of the molecule is CCSCCN(C)C[C@@H](C)COC. The second kappa shape index (κ2) is 8.85. The molecule has 0 aromatic carbocycles. The second-order valence-electron chi connectivity index (χ2n) is 3.52. The highest BCUT2D eigenvalue weighted by atomic mass is 32.2. The topological polar surface area (TPSA) is 12.5 Å². The lowest BCUT2D eigenvalue weighted by Crippen LogP contribution is -2.28. The van der Waals surface area contributed by atoms with E-state index in [4.69, 9.17) is 4.74 Å². The first-order valence-electron chi connectivity index (χ1n) is 4.95. The van der Waals surface area contributed by atoms with Gasteiger partial charge in [-0.2, -0.15) is 11.8 Å². The van der Waals surface area contributed by atoms with Crippen molar-refractivity contribution in [3.63, 3.8) is 0 Å². The lowest BCUT2D eigenvalue weighted by atomic mass is 10.2. The Labute approximate surface area is 87.0 Å². The molecule has 80 valence electrons. The van der Waals surface area contributed by atoms with E-state index in [1.165, 1.54) is 18.1 Å². The molecular weight excluding hydrogens is 182 g/mol. The van der Waals surface area contributed by atoms with Gasteiger partial charge in [0.25, 0.3) is 0 Å². The van der Waals surface area contributed by atoms with Crippen LogP contribution in [0.2, 0.25) is 0 Å². The summed E-state index contributed by atoms with van der Waals surface area (Å²) in [6.45, 7) is 7.63.